The molecule has 0 bridgehead atoms. The van der Waals surface area contributed by atoms with Gasteiger partial charge in [0.1, 0.15) is 0 Å². The average Bonchev–Trinajstić information content (AvgIpc) is 2.63. The van der Waals surface area contributed by atoms with Gasteiger partial charge in [-0.25, -0.2) is 0 Å². The zero-order valence-electron chi connectivity index (χ0n) is 7.24. The van der Waals surface area contributed by atoms with Crippen molar-refractivity contribution in [2.75, 3.05) is 0 Å². The van der Waals surface area contributed by atoms with E-state index in [9.17, 15) is 0 Å². The second-order valence-electron chi connectivity index (χ2n) is 2.84. The summed E-state index contributed by atoms with van der Waals surface area (Å²) < 4.78 is 5.08. The summed E-state index contributed by atoms with van der Waals surface area (Å²) in [5.74, 6) is 0. The lowest BCUT2D eigenvalue weighted by molar-refractivity contribution is 0.454. The number of hydrogen-bond donors (Lipinski definition) is 0. The lowest BCUT2D eigenvalue weighted by Gasteiger charge is -1.96. The third-order valence-electron chi connectivity index (χ3n) is 2.04. The first kappa shape index (κ1) is 7.81. The van der Waals surface area contributed by atoms with Crippen molar-refractivity contribution in [3.8, 4) is 6.07 Å². The molecule has 0 aliphatic carbocycles. The quantitative estimate of drug-likeness (QED) is 0.662. The van der Waals surface area contributed by atoms with Gasteiger partial charge in [-0.1, -0.05) is 12.1 Å². The molecule has 0 spiro atoms. The van der Waals surface area contributed by atoms with Crippen LogP contribution in [0.25, 0.3) is 11.0 Å². The Morgan fingerprint density at radius 2 is 2.38 bits per heavy atom. The van der Waals surface area contributed by atoms with Crippen LogP contribution in [-0.2, 0) is 6.42 Å². The molecule has 0 saturated heterocycles. The lowest BCUT2D eigenvalue weighted by atomic mass is 10.1. The maximum Gasteiger partial charge on any atom is 0.170 e. The Hall–Kier alpha value is -1.82. The second-order valence-corrected chi connectivity index (χ2v) is 2.84. The van der Waals surface area contributed by atoms with Crippen molar-refractivity contribution < 1.29 is 4.52 Å². The number of nitriles is 1. The van der Waals surface area contributed by atoms with Crippen LogP contribution in [0.15, 0.2) is 22.9 Å². The molecular formula is C10H8N2O. The van der Waals surface area contributed by atoms with Crippen molar-refractivity contribution in [3.63, 3.8) is 0 Å². The van der Waals surface area contributed by atoms with Gasteiger partial charge in [0.05, 0.1) is 17.8 Å². The van der Waals surface area contributed by atoms with Crippen molar-refractivity contribution in [2.45, 2.75) is 13.3 Å². The molecule has 0 unspecified atom stereocenters. The topological polar surface area (TPSA) is 49.8 Å². The first-order valence-corrected chi connectivity index (χ1v) is 4.12. The van der Waals surface area contributed by atoms with Gasteiger partial charge in [-0.15, -0.1) is 0 Å². The number of aryl methyl sites for hydroxylation is 1. The van der Waals surface area contributed by atoms with Crippen LogP contribution in [0.3, 0.4) is 0 Å². The van der Waals surface area contributed by atoms with E-state index in [-0.39, 0.29) is 0 Å². The van der Waals surface area contributed by atoms with Crippen LogP contribution >= 0.6 is 0 Å². The Bertz CT molecular complexity index is 479. The molecule has 0 saturated carbocycles. The third-order valence-corrected chi connectivity index (χ3v) is 2.04. The zero-order chi connectivity index (χ0) is 9.26. The van der Waals surface area contributed by atoms with Gasteiger partial charge in [-0.3, -0.25) is 0 Å². The molecule has 2 rings (SSSR count). The lowest BCUT2D eigenvalue weighted by Crippen LogP contribution is -1.83. The summed E-state index contributed by atoms with van der Waals surface area (Å²) in [5.41, 5.74) is 2.49. The van der Waals surface area contributed by atoms with Gasteiger partial charge in [0.2, 0.25) is 0 Å². The first-order chi connectivity index (χ1) is 6.35. The summed E-state index contributed by atoms with van der Waals surface area (Å²) >= 11 is 0. The molecule has 0 atom stereocenters. The monoisotopic (exact) mass is 172 g/mol. The van der Waals surface area contributed by atoms with Crippen LogP contribution in [0.5, 0.6) is 0 Å². The van der Waals surface area contributed by atoms with Gasteiger partial charge in [0, 0.05) is 5.39 Å². The minimum absolute atomic E-state index is 0.660. The molecule has 0 aliphatic rings. The molecule has 0 aliphatic heterocycles. The Labute approximate surface area is 75.6 Å². The number of rotatable bonds is 1. The highest BCUT2D eigenvalue weighted by molar-refractivity contribution is 5.81. The number of fused-ring (bicyclic) bond motifs is 1. The van der Waals surface area contributed by atoms with Gasteiger partial charge >= 0.3 is 0 Å². The number of nitrogens with zero attached hydrogens (tertiary/aromatic N) is 2. The van der Waals surface area contributed by atoms with E-state index >= 15 is 0 Å². The predicted octanol–water partition coefficient (Wildman–Crippen LogP) is 2.26. The van der Waals surface area contributed by atoms with Crippen molar-refractivity contribution in [2.24, 2.45) is 0 Å². The van der Waals surface area contributed by atoms with E-state index in [1.54, 1.807) is 12.3 Å². The van der Waals surface area contributed by atoms with Crippen molar-refractivity contribution >= 4 is 11.0 Å². The minimum atomic E-state index is 0.660. The number of aromatic nitrogens is 1. The van der Waals surface area contributed by atoms with Gasteiger partial charge in [-0.05, 0) is 24.1 Å². The third kappa shape index (κ3) is 1.17. The molecule has 0 fully saturated rings. The van der Waals surface area contributed by atoms with E-state index in [0.717, 1.165) is 23.0 Å². The zero-order valence-corrected chi connectivity index (χ0v) is 7.24. The molecule has 3 nitrogen and oxygen atoms in total. The number of hydrogen-bond acceptors (Lipinski definition) is 3. The molecule has 1 heterocycles. The summed E-state index contributed by atoms with van der Waals surface area (Å²) in [6, 6.07) is 5.74. The standard InChI is InChI=1S/C10H8N2O/c1-2-8-3-7(5-11)4-9-6-12-13-10(8)9/h3-4,6H,2H2,1H3. The van der Waals surface area contributed by atoms with Crippen LogP contribution in [0.1, 0.15) is 18.1 Å². The summed E-state index contributed by atoms with van der Waals surface area (Å²) in [7, 11) is 0. The van der Waals surface area contributed by atoms with Gasteiger partial charge in [0.25, 0.3) is 0 Å². The van der Waals surface area contributed by atoms with Gasteiger partial charge in [-0.2, -0.15) is 5.26 Å². The molecule has 0 amide bonds. The van der Waals surface area contributed by atoms with Crippen molar-refractivity contribution in [1.82, 2.24) is 5.16 Å². The van der Waals surface area contributed by atoms with Crippen LogP contribution in [0.4, 0.5) is 0 Å². The summed E-state index contributed by atoms with van der Waals surface area (Å²) in [4.78, 5) is 0. The van der Waals surface area contributed by atoms with Crippen LogP contribution in [0.2, 0.25) is 0 Å². The fourth-order valence-electron chi connectivity index (χ4n) is 1.38. The highest BCUT2D eigenvalue weighted by atomic mass is 16.5. The Morgan fingerprint density at radius 1 is 1.54 bits per heavy atom. The van der Waals surface area contributed by atoms with Crippen LogP contribution in [-0.4, -0.2) is 5.16 Å². The highest BCUT2D eigenvalue weighted by Crippen LogP contribution is 2.20. The molecule has 0 radical (unpaired) electrons. The first-order valence-electron chi connectivity index (χ1n) is 4.12. The fraction of sp³-hybridized carbons (Fsp3) is 0.200. The largest absolute Gasteiger partial charge is 0.356 e. The Morgan fingerprint density at radius 3 is 3.08 bits per heavy atom. The van der Waals surface area contributed by atoms with E-state index in [1.807, 2.05) is 13.0 Å². The van der Waals surface area contributed by atoms with E-state index in [1.165, 1.54) is 0 Å². The van der Waals surface area contributed by atoms with Gasteiger partial charge < -0.3 is 4.52 Å². The molecule has 1 aromatic heterocycles. The van der Waals surface area contributed by atoms with Crippen molar-refractivity contribution in [3.05, 3.63) is 29.5 Å². The normalized spacial score (nSPS) is 10.2. The molecule has 3 heteroatoms. The predicted molar refractivity (Wildman–Crippen MR) is 48.1 cm³/mol. The van der Waals surface area contributed by atoms with E-state index in [2.05, 4.69) is 11.2 Å². The van der Waals surface area contributed by atoms with Gasteiger partial charge in [0.15, 0.2) is 5.58 Å². The maximum absolute atomic E-state index is 8.75. The second kappa shape index (κ2) is 2.91. The minimum Gasteiger partial charge on any atom is -0.356 e. The SMILES string of the molecule is CCc1cc(C#N)cc2cnoc12. The molecule has 2 aromatic rings. The Balaban J connectivity index is 2.79. The average molecular weight is 172 g/mol. The molecule has 1 aromatic carbocycles. The summed E-state index contributed by atoms with van der Waals surface area (Å²) in [6.45, 7) is 2.03. The number of benzene rings is 1. The molecule has 13 heavy (non-hydrogen) atoms. The smallest absolute Gasteiger partial charge is 0.170 e. The van der Waals surface area contributed by atoms with E-state index < -0.39 is 0 Å². The molecule has 64 valence electrons. The van der Waals surface area contributed by atoms with Crippen molar-refractivity contribution in [1.29, 1.82) is 5.26 Å². The van der Waals surface area contributed by atoms with E-state index in [4.69, 9.17) is 9.78 Å². The Kier molecular flexibility index (Phi) is 1.75. The summed E-state index contributed by atoms with van der Waals surface area (Å²) in [5, 5.41) is 13.4. The molecule has 0 N–H and O–H groups in total. The van der Waals surface area contributed by atoms with Crippen LogP contribution < -0.4 is 0 Å². The van der Waals surface area contributed by atoms with E-state index in [0.29, 0.717) is 5.56 Å². The van der Waals surface area contributed by atoms with Crippen LogP contribution in [0, 0.1) is 11.3 Å². The molecular weight excluding hydrogens is 164 g/mol. The maximum atomic E-state index is 8.75. The summed E-state index contributed by atoms with van der Waals surface area (Å²) in [6.07, 6.45) is 2.48. The fourth-order valence-corrected chi connectivity index (χ4v) is 1.38. The highest BCUT2D eigenvalue weighted by Gasteiger charge is 2.05.